The van der Waals surface area contributed by atoms with Crippen LogP contribution in [0.25, 0.3) is 10.2 Å². The van der Waals surface area contributed by atoms with Crippen molar-refractivity contribution in [1.29, 1.82) is 0 Å². The summed E-state index contributed by atoms with van der Waals surface area (Å²) < 4.78 is 38.9. The van der Waals surface area contributed by atoms with Crippen molar-refractivity contribution in [3.8, 4) is 0 Å². The van der Waals surface area contributed by atoms with E-state index in [1.54, 1.807) is 24.4 Å². The topological polar surface area (TPSA) is 123 Å². The van der Waals surface area contributed by atoms with Crippen LogP contribution in [0.2, 0.25) is 0 Å². The number of nitrogens with zero attached hydrogens (tertiary/aromatic N) is 4. The van der Waals surface area contributed by atoms with Gasteiger partial charge in [0.1, 0.15) is 5.82 Å². The molecule has 4 aromatic rings. The number of non-ortho nitro benzene ring substituents is 1. The summed E-state index contributed by atoms with van der Waals surface area (Å²) in [5.41, 5.74) is 0.932. The van der Waals surface area contributed by atoms with Crippen LogP contribution >= 0.6 is 11.3 Å². The molecule has 0 bridgehead atoms. The molecule has 0 atom stereocenters. The number of carbonyl (C=O) groups excluding carboxylic acids is 1. The number of nitro benzene ring substituents is 1. The zero-order chi connectivity index (χ0) is 24.3. The van der Waals surface area contributed by atoms with E-state index in [9.17, 15) is 27.7 Å². The van der Waals surface area contributed by atoms with E-state index in [1.807, 2.05) is 0 Å². The van der Waals surface area contributed by atoms with Crippen LogP contribution in [0.3, 0.4) is 0 Å². The lowest BCUT2D eigenvalue weighted by Gasteiger charge is -2.19. The number of hydrogen-bond acceptors (Lipinski definition) is 8. The number of hydrogen-bond donors (Lipinski definition) is 0. The monoisotopic (exact) mass is 500 g/mol. The first kappa shape index (κ1) is 23.4. The summed E-state index contributed by atoms with van der Waals surface area (Å²) in [7, 11) is -3.82. The summed E-state index contributed by atoms with van der Waals surface area (Å²) in [6, 6.07) is 13.8. The van der Waals surface area contributed by atoms with Crippen molar-refractivity contribution in [2.45, 2.75) is 17.9 Å². The predicted molar refractivity (Wildman–Crippen MR) is 125 cm³/mol. The summed E-state index contributed by atoms with van der Waals surface area (Å²) in [5.74, 6) is -1.55. The number of rotatable bonds is 8. The highest BCUT2D eigenvalue weighted by Crippen LogP contribution is 2.32. The molecule has 0 aliphatic heterocycles. The van der Waals surface area contributed by atoms with Crippen molar-refractivity contribution in [1.82, 2.24) is 9.97 Å². The number of fused-ring (bicyclic) bond motifs is 1. The molecule has 0 radical (unpaired) electrons. The van der Waals surface area contributed by atoms with E-state index >= 15 is 0 Å². The van der Waals surface area contributed by atoms with Gasteiger partial charge in [-0.05, 0) is 42.5 Å². The molecular formula is C22H17FN4O5S2. The summed E-state index contributed by atoms with van der Waals surface area (Å²) in [4.78, 5) is 33.6. The Balaban J connectivity index is 1.62. The zero-order valence-corrected chi connectivity index (χ0v) is 19.1. The molecule has 12 heteroatoms. The van der Waals surface area contributed by atoms with Gasteiger partial charge in [-0.2, -0.15) is 0 Å². The predicted octanol–water partition coefficient (Wildman–Crippen LogP) is 4.14. The largest absolute Gasteiger partial charge is 0.282 e. The first-order chi connectivity index (χ1) is 16.2. The van der Waals surface area contributed by atoms with E-state index in [1.165, 1.54) is 23.1 Å². The Labute approximate surface area is 197 Å². The normalized spacial score (nSPS) is 11.4. The highest BCUT2D eigenvalue weighted by Gasteiger charge is 2.24. The van der Waals surface area contributed by atoms with Gasteiger partial charge in [-0.15, -0.1) is 0 Å². The van der Waals surface area contributed by atoms with Crippen LogP contribution in [0.5, 0.6) is 0 Å². The van der Waals surface area contributed by atoms with Gasteiger partial charge in [-0.25, -0.2) is 17.8 Å². The molecule has 174 valence electrons. The van der Waals surface area contributed by atoms with Crippen molar-refractivity contribution < 1.29 is 22.5 Å². The van der Waals surface area contributed by atoms with Crippen LogP contribution in [0.15, 0.2) is 71.8 Å². The van der Waals surface area contributed by atoms with Crippen LogP contribution in [-0.2, 0) is 21.2 Å². The van der Waals surface area contributed by atoms with Crippen LogP contribution < -0.4 is 4.90 Å². The van der Waals surface area contributed by atoms with E-state index in [2.05, 4.69) is 9.97 Å². The van der Waals surface area contributed by atoms with Crippen molar-refractivity contribution >= 4 is 48.1 Å². The number of carbonyl (C=O) groups is 1. The second-order valence-electron chi connectivity index (χ2n) is 7.23. The molecule has 4 rings (SSSR count). The minimum absolute atomic E-state index is 0.0399. The van der Waals surface area contributed by atoms with E-state index in [-0.39, 0.29) is 28.7 Å². The third-order valence-corrected chi connectivity index (χ3v) is 7.68. The second-order valence-corrected chi connectivity index (χ2v) is 10.3. The maximum atomic E-state index is 13.2. The standard InChI is InChI=1S/C22H17FN4O5S2/c23-15-4-7-18(8-5-15)34(31,32)12-10-21(28)26(14-16-3-1-2-11-24-16)22-25-19-9-6-17(27(29)30)13-20(19)33-22/h1-9,11,13H,10,12,14H2. The summed E-state index contributed by atoms with van der Waals surface area (Å²) in [6.45, 7) is 0.0399. The number of nitro groups is 1. The lowest BCUT2D eigenvalue weighted by atomic mass is 10.3. The minimum Gasteiger partial charge on any atom is -0.282 e. The van der Waals surface area contributed by atoms with Crippen molar-refractivity contribution in [2.75, 3.05) is 10.7 Å². The van der Waals surface area contributed by atoms with E-state index in [0.717, 1.165) is 35.6 Å². The second kappa shape index (κ2) is 9.61. The quantitative estimate of drug-likeness (QED) is 0.202. The molecule has 34 heavy (non-hydrogen) atoms. The summed E-state index contributed by atoms with van der Waals surface area (Å²) in [6.07, 6.45) is 1.22. The fourth-order valence-electron chi connectivity index (χ4n) is 3.16. The molecule has 0 N–H and O–H groups in total. The van der Waals surface area contributed by atoms with Gasteiger partial charge in [0.05, 0.1) is 38.0 Å². The van der Waals surface area contributed by atoms with Crippen molar-refractivity contribution in [3.05, 3.63) is 88.5 Å². The number of sulfone groups is 1. The molecule has 0 fully saturated rings. The highest BCUT2D eigenvalue weighted by molar-refractivity contribution is 7.91. The van der Waals surface area contributed by atoms with Gasteiger partial charge >= 0.3 is 0 Å². The molecule has 2 aromatic carbocycles. The molecule has 2 aromatic heterocycles. The summed E-state index contributed by atoms with van der Waals surface area (Å²) >= 11 is 1.09. The average molecular weight is 501 g/mol. The number of thiazole rings is 1. The van der Waals surface area contributed by atoms with Crippen LogP contribution in [0, 0.1) is 15.9 Å². The summed E-state index contributed by atoms with van der Waals surface area (Å²) in [5, 5.41) is 11.4. The molecule has 1 amide bonds. The van der Waals surface area contributed by atoms with Crippen LogP contribution in [-0.4, -0.2) is 35.0 Å². The molecule has 2 heterocycles. The van der Waals surface area contributed by atoms with Gasteiger partial charge in [0, 0.05) is 24.8 Å². The lowest BCUT2D eigenvalue weighted by Crippen LogP contribution is -2.32. The highest BCUT2D eigenvalue weighted by atomic mass is 32.2. The Morgan fingerprint density at radius 1 is 1.12 bits per heavy atom. The number of anilines is 1. The number of amides is 1. The first-order valence-corrected chi connectivity index (χ1v) is 12.4. The molecule has 0 aliphatic rings. The SMILES string of the molecule is O=C(CCS(=O)(=O)c1ccc(F)cc1)N(Cc1ccccn1)c1nc2ccc([N+](=O)[O-])cc2s1. The maximum Gasteiger partial charge on any atom is 0.270 e. The van der Waals surface area contributed by atoms with E-state index in [4.69, 9.17) is 0 Å². The first-order valence-electron chi connectivity index (χ1n) is 9.96. The number of benzene rings is 2. The Bertz CT molecular complexity index is 1460. The number of aromatic nitrogens is 2. The molecule has 9 nitrogen and oxygen atoms in total. The number of pyridine rings is 1. The molecule has 0 unspecified atom stereocenters. The Kier molecular flexibility index (Phi) is 6.61. The van der Waals surface area contributed by atoms with Crippen molar-refractivity contribution in [2.24, 2.45) is 0 Å². The third-order valence-electron chi connectivity index (χ3n) is 4.91. The third kappa shape index (κ3) is 5.24. The van der Waals surface area contributed by atoms with E-state index < -0.39 is 32.2 Å². The molecule has 0 saturated carbocycles. The lowest BCUT2D eigenvalue weighted by molar-refractivity contribution is -0.384. The zero-order valence-electron chi connectivity index (χ0n) is 17.5. The van der Waals surface area contributed by atoms with Gasteiger partial charge in [0.15, 0.2) is 15.0 Å². The minimum atomic E-state index is -3.82. The van der Waals surface area contributed by atoms with Crippen LogP contribution in [0.1, 0.15) is 12.1 Å². The Morgan fingerprint density at radius 3 is 2.56 bits per heavy atom. The van der Waals surface area contributed by atoms with E-state index in [0.29, 0.717) is 15.9 Å². The maximum absolute atomic E-state index is 13.2. The molecule has 0 aliphatic carbocycles. The molecular weight excluding hydrogens is 483 g/mol. The van der Waals surface area contributed by atoms with Crippen LogP contribution in [0.4, 0.5) is 15.2 Å². The fraction of sp³-hybridized carbons (Fsp3) is 0.136. The Hall–Kier alpha value is -3.77. The van der Waals surface area contributed by atoms with Gasteiger partial charge in [-0.3, -0.25) is 24.8 Å². The Morgan fingerprint density at radius 2 is 1.88 bits per heavy atom. The number of halogens is 1. The smallest absolute Gasteiger partial charge is 0.270 e. The fourth-order valence-corrected chi connectivity index (χ4v) is 5.41. The van der Waals surface area contributed by atoms with Gasteiger partial charge in [0.2, 0.25) is 5.91 Å². The molecule has 0 saturated heterocycles. The van der Waals surface area contributed by atoms with Crippen molar-refractivity contribution in [3.63, 3.8) is 0 Å². The van der Waals surface area contributed by atoms with Gasteiger partial charge in [0.25, 0.3) is 5.69 Å². The van der Waals surface area contributed by atoms with Gasteiger partial charge in [-0.1, -0.05) is 17.4 Å². The van der Waals surface area contributed by atoms with Gasteiger partial charge < -0.3 is 0 Å². The molecule has 0 spiro atoms. The average Bonchev–Trinajstić information content (AvgIpc) is 3.25.